The van der Waals surface area contributed by atoms with Crippen LogP contribution in [0.3, 0.4) is 0 Å². The molecule has 2 aromatic carbocycles. The van der Waals surface area contributed by atoms with Gasteiger partial charge in [0.2, 0.25) is 0 Å². The molecule has 0 aliphatic heterocycles. The number of nitrogen functional groups attached to an aromatic ring is 1. The summed E-state index contributed by atoms with van der Waals surface area (Å²) < 4.78 is 40.1. The van der Waals surface area contributed by atoms with E-state index in [2.05, 4.69) is 15.9 Å². The standard InChI is InChI=1S/C13H10BrF2NOS/c14-9-3-1-8(2-4-9)7-19(18)13-11(15)5-10(17)6-12(13)16/h1-6H,7,17H2. The van der Waals surface area contributed by atoms with Crippen molar-refractivity contribution in [3.8, 4) is 0 Å². The average Bonchev–Trinajstić information content (AvgIpc) is 2.30. The zero-order valence-electron chi connectivity index (χ0n) is 9.70. The summed E-state index contributed by atoms with van der Waals surface area (Å²) in [4.78, 5) is -0.433. The van der Waals surface area contributed by atoms with Crippen LogP contribution in [-0.2, 0) is 16.6 Å². The molecule has 1 unspecified atom stereocenters. The second-order valence-corrected chi connectivity index (χ2v) is 6.23. The first-order valence-corrected chi connectivity index (χ1v) is 7.46. The lowest BCUT2D eigenvalue weighted by Crippen LogP contribution is -2.04. The maximum Gasteiger partial charge on any atom is 0.144 e. The maximum absolute atomic E-state index is 13.6. The van der Waals surface area contributed by atoms with Gasteiger partial charge >= 0.3 is 0 Å². The Morgan fingerprint density at radius 2 is 1.63 bits per heavy atom. The van der Waals surface area contributed by atoms with Crippen molar-refractivity contribution < 1.29 is 13.0 Å². The van der Waals surface area contributed by atoms with Crippen LogP contribution in [0.25, 0.3) is 0 Å². The van der Waals surface area contributed by atoms with Gasteiger partial charge in [0.05, 0.1) is 16.6 Å². The molecule has 0 aliphatic carbocycles. The Morgan fingerprint density at radius 1 is 1.11 bits per heavy atom. The predicted octanol–water partition coefficient (Wildman–Crippen LogP) is 3.62. The molecule has 2 rings (SSSR count). The molecule has 100 valence electrons. The van der Waals surface area contributed by atoms with Crippen LogP contribution >= 0.6 is 15.9 Å². The van der Waals surface area contributed by atoms with Crippen molar-refractivity contribution in [2.24, 2.45) is 0 Å². The average molecular weight is 346 g/mol. The largest absolute Gasteiger partial charge is 0.399 e. The van der Waals surface area contributed by atoms with Crippen LogP contribution in [0.5, 0.6) is 0 Å². The van der Waals surface area contributed by atoms with Crippen LogP contribution in [0.1, 0.15) is 5.56 Å². The van der Waals surface area contributed by atoms with Crippen LogP contribution in [0.2, 0.25) is 0 Å². The fourth-order valence-electron chi connectivity index (χ4n) is 1.60. The second-order valence-electron chi connectivity index (χ2n) is 3.93. The minimum Gasteiger partial charge on any atom is -0.399 e. The molecule has 0 spiro atoms. The molecule has 0 fully saturated rings. The highest BCUT2D eigenvalue weighted by Crippen LogP contribution is 2.23. The van der Waals surface area contributed by atoms with E-state index in [0.717, 1.165) is 22.2 Å². The van der Waals surface area contributed by atoms with E-state index in [1.165, 1.54) is 0 Å². The Balaban J connectivity index is 2.28. The number of hydrogen-bond acceptors (Lipinski definition) is 2. The third kappa shape index (κ3) is 3.39. The highest BCUT2D eigenvalue weighted by Gasteiger charge is 2.17. The van der Waals surface area contributed by atoms with E-state index >= 15 is 0 Å². The summed E-state index contributed by atoms with van der Waals surface area (Å²) in [5.41, 5.74) is 6.02. The van der Waals surface area contributed by atoms with E-state index in [0.29, 0.717) is 0 Å². The molecular formula is C13H10BrF2NOS. The van der Waals surface area contributed by atoms with Crippen LogP contribution in [0.4, 0.5) is 14.5 Å². The third-order valence-electron chi connectivity index (χ3n) is 2.46. The van der Waals surface area contributed by atoms with Gasteiger partial charge in [0.25, 0.3) is 0 Å². The Morgan fingerprint density at radius 3 is 2.16 bits per heavy atom. The Labute approximate surface area is 120 Å². The Kier molecular flexibility index (Phi) is 4.31. The quantitative estimate of drug-likeness (QED) is 0.863. The molecule has 0 radical (unpaired) electrons. The predicted molar refractivity (Wildman–Crippen MR) is 75.0 cm³/mol. The lowest BCUT2D eigenvalue weighted by Gasteiger charge is -2.06. The molecule has 0 heterocycles. The van der Waals surface area contributed by atoms with Gasteiger partial charge in [0.15, 0.2) is 0 Å². The van der Waals surface area contributed by atoms with Crippen molar-refractivity contribution in [3.63, 3.8) is 0 Å². The number of anilines is 1. The summed E-state index contributed by atoms with van der Waals surface area (Å²) in [6.07, 6.45) is 0. The molecule has 2 N–H and O–H groups in total. The molecular weight excluding hydrogens is 336 g/mol. The molecule has 0 bridgehead atoms. The van der Waals surface area contributed by atoms with Crippen LogP contribution < -0.4 is 5.73 Å². The molecule has 2 aromatic rings. The second kappa shape index (κ2) is 5.79. The van der Waals surface area contributed by atoms with E-state index in [4.69, 9.17) is 5.73 Å². The molecule has 0 saturated carbocycles. The topological polar surface area (TPSA) is 43.1 Å². The fraction of sp³-hybridized carbons (Fsp3) is 0.0769. The molecule has 0 aromatic heterocycles. The van der Waals surface area contributed by atoms with Gasteiger partial charge in [0.1, 0.15) is 16.5 Å². The molecule has 0 amide bonds. The summed E-state index contributed by atoms with van der Waals surface area (Å²) in [5, 5.41) is 0. The summed E-state index contributed by atoms with van der Waals surface area (Å²) in [6.45, 7) is 0. The summed E-state index contributed by atoms with van der Waals surface area (Å²) in [5.74, 6) is -1.72. The Hall–Kier alpha value is -1.27. The minimum absolute atomic E-state index is 0.0283. The summed E-state index contributed by atoms with van der Waals surface area (Å²) in [6, 6.07) is 8.99. The minimum atomic E-state index is -1.79. The van der Waals surface area contributed by atoms with E-state index in [9.17, 15) is 13.0 Å². The van der Waals surface area contributed by atoms with Gasteiger partial charge in [-0.1, -0.05) is 28.1 Å². The first-order chi connectivity index (χ1) is 8.97. The van der Waals surface area contributed by atoms with Crippen molar-refractivity contribution >= 4 is 32.4 Å². The van der Waals surface area contributed by atoms with Crippen molar-refractivity contribution in [1.29, 1.82) is 0 Å². The summed E-state index contributed by atoms with van der Waals surface area (Å²) >= 11 is 3.28. The van der Waals surface area contributed by atoms with Gasteiger partial charge in [-0.05, 0) is 29.8 Å². The third-order valence-corrected chi connectivity index (χ3v) is 4.43. The molecule has 2 nitrogen and oxygen atoms in total. The van der Waals surface area contributed by atoms with Crippen molar-refractivity contribution in [1.82, 2.24) is 0 Å². The first-order valence-electron chi connectivity index (χ1n) is 5.34. The number of halogens is 3. The fourth-order valence-corrected chi connectivity index (χ4v) is 3.06. The zero-order chi connectivity index (χ0) is 14.0. The van der Waals surface area contributed by atoms with Crippen molar-refractivity contribution in [2.75, 3.05) is 5.73 Å². The number of nitrogens with two attached hydrogens (primary N) is 1. The Bertz CT molecular complexity index is 608. The lowest BCUT2D eigenvalue weighted by molar-refractivity contribution is 0.535. The molecule has 1 atom stereocenters. The summed E-state index contributed by atoms with van der Waals surface area (Å²) in [7, 11) is -1.79. The first kappa shape index (κ1) is 14.1. The molecule has 0 aliphatic rings. The van der Waals surface area contributed by atoms with Gasteiger partial charge in [0, 0.05) is 10.2 Å². The highest BCUT2D eigenvalue weighted by molar-refractivity contribution is 9.10. The van der Waals surface area contributed by atoms with Crippen LogP contribution in [0, 0.1) is 11.6 Å². The zero-order valence-corrected chi connectivity index (χ0v) is 12.1. The van der Waals surface area contributed by atoms with Gasteiger partial charge < -0.3 is 5.73 Å². The van der Waals surface area contributed by atoms with E-state index < -0.39 is 27.3 Å². The number of hydrogen-bond donors (Lipinski definition) is 1. The van der Waals surface area contributed by atoms with Gasteiger partial charge in [-0.3, -0.25) is 4.21 Å². The van der Waals surface area contributed by atoms with Crippen LogP contribution in [-0.4, -0.2) is 4.21 Å². The van der Waals surface area contributed by atoms with Gasteiger partial charge in [-0.15, -0.1) is 0 Å². The SMILES string of the molecule is Nc1cc(F)c(S(=O)Cc2ccc(Br)cc2)c(F)c1. The lowest BCUT2D eigenvalue weighted by atomic mass is 10.2. The normalized spacial score (nSPS) is 12.4. The highest BCUT2D eigenvalue weighted by atomic mass is 79.9. The maximum atomic E-state index is 13.6. The van der Waals surface area contributed by atoms with Gasteiger partial charge in [-0.25, -0.2) is 8.78 Å². The van der Waals surface area contributed by atoms with Gasteiger partial charge in [-0.2, -0.15) is 0 Å². The monoisotopic (exact) mass is 345 g/mol. The number of benzene rings is 2. The molecule has 0 saturated heterocycles. The van der Waals surface area contributed by atoms with E-state index in [1.807, 2.05) is 0 Å². The van der Waals surface area contributed by atoms with Crippen molar-refractivity contribution in [3.05, 3.63) is 58.1 Å². The smallest absolute Gasteiger partial charge is 0.144 e. The number of rotatable bonds is 3. The van der Waals surface area contributed by atoms with Crippen LogP contribution in [0.15, 0.2) is 45.8 Å². The molecule has 6 heteroatoms. The van der Waals surface area contributed by atoms with Crippen molar-refractivity contribution in [2.45, 2.75) is 10.6 Å². The van der Waals surface area contributed by atoms with E-state index in [-0.39, 0.29) is 11.4 Å². The molecule has 19 heavy (non-hydrogen) atoms. The van der Waals surface area contributed by atoms with E-state index in [1.54, 1.807) is 24.3 Å².